The molecule has 0 aromatic carbocycles. The van der Waals surface area contributed by atoms with Crippen LogP contribution in [0.4, 0.5) is 0 Å². The van der Waals surface area contributed by atoms with Gasteiger partial charge in [0.2, 0.25) is 0 Å². The molecule has 3 heteroatoms. The molecule has 1 aromatic heterocycles. The maximum Gasteiger partial charge on any atom is 0.0658 e. The first-order valence-corrected chi connectivity index (χ1v) is 4.05. The molecule has 0 radical (unpaired) electrons. The maximum atomic E-state index is 5.84. The largest absolute Gasteiger partial charge is 0.327 e. The van der Waals surface area contributed by atoms with E-state index in [4.69, 9.17) is 5.73 Å². The number of hydrogen-bond donors (Lipinski definition) is 2. The molecule has 0 amide bonds. The lowest BCUT2D eigenvalue weighted by Gasteiger charge is -2.16. The Kier molecular flexibility index (Phi) is 1.46. The number of H-pyrrole nitrogens is 1. The molecule has 0 fully saturated rings. The van der Waals surface area contributed by atoms with Crippen molar-refractivity contribution in [2.75, 3.05) is 0 Å². The van der Waals surface area contributed by atoms with Crippen molar-refractivity contribution in [1.82, 2.24) is 10.2 Å². The minimum absolute atomic E-state index is 0.346. The Bertz CT molecular complexity index is 264. The number of aromatic amines is 1. The quantitative estimate of drug-likeness (QED) is 0.568. The van der Waals surface area contributed by atoms with Crippen LogP contribution in [0, 0.1) is 6.92 Å². The van der Waals surface area contributed by atoms with Gasteiger partial charge in [0.1, 0.15) is 0 Å². The van der Waals surface area contributed by atoms with Crippen molar-refractivity contribution in [3.63, 3.8) is 0 Å². The smallest absolute Gasteiger partial charge is 0.0658 e. The van der Waals surface area contributed by atoms with Gasteiger partial charge < -0.3 is 5.73 Å². The molecule has 2 rings (SSSR count). The summed E-state index contributed by atoms with van der Waals surface area (Å²) in [6, 6.07) is 0.346. The fourth-order valence-electron chi connectivity index (χ4n) is 1.67. The Morgan fingerprint density at radius 3 is 3.27 bits per heavy atom. The van der Waals surface area contributed by atoms with Crippen LogP contribution >= 0.6 is 0 Å². The molecule has 11 heavy (non-hydrogen) atoms. The first kappa shape index (κ1) is 6.85. The van der Waals surface area contributed by atoms with Gasteiger partial charge in [-0.25, -0.2) is 0 Å². The second kappa shape index (κ2) is 2.34. The third kappa shape index (κ3) is 1.05. The highest BCUT2D eigenvalue weighted by molar-refractivity contribution is 5.27. The number of aromatic nitrogens is 2. The van der Waals surface area contributed by atoms with E-state index in [1.54, 1.807) is 0 Å². The highest BCUT2D eigenvalue weighted by Crippen LogP contribution is 2.20. The molecule has 1 unspecified atom stereocenters. The van der Waals surface area contributed by atoms with Crippen LogP contribution in [0.1, 0.15) is 23.4 Å². The van der Waals surface area contributed by atoms with E-state index in [0.29, 0.717) is 6.04 Å². The number of hydrogen-bond acceptors (Lipinski definition) is 2. The number of nitrogens with zero attached hydrogens (tertiary/aromatic N) is 1. The van der Waals surface area contributed by atoms with Gasteiger partial charge in [-0.1, -0.05) is 0 Å². The number of rotatable bonds is 0. The van der Waals surface area contributed by atoms with E-state index in [1.807, 2.05) is 0 Å². The van der Waals surface area contributed by atoms with Crippen molar-refractivity contribution >= 4 is 0 Å². The molecule has 0 saturated heterocycles. The summed E-state index contributed by atoms with van der Waals surface area (Å²) in [6.45, 7) is 2.06. The summed E-state index contributed by atoms with van der Waals surface area (Å²) in [6.07, 6.45) is 3.12. The van der Waals surface area contributed by atoms with Crippen LogP contribution in [0.2, 0.25) is 0 Å². The van der Waals surface area contributed by atoms with Crippen molar-refractivity contribution in [2.45, 2.75) is 32.2 Å². The summed E-state index contributed by atoms with van der Waals surface area (Å²) in [7, 11) is 0. The first-order chi connectivity index (χ1) is 5.27. The van der Waals surface area contributed by atoms with Crippen molar-refractivity contribution in [1.29, 1.82) is 0 Å². The van der Waals surface area contributed by atoms with Gasteiger partial charge in [-0.3, -0.25) is 5.10 Å². The second-order valence-corrected chi connectivity index (χ2v) is 3.28. The Balaban J connectivity index is 2.37. The number of nitrogens with two attached hydrogens (primary N) is 1. The van der Waals surface area contributed by atoms with Gasteiger partial charge in [-0.05, 0) is 31.7 Å². The molecule has 0 aliphatic heterocycles. The van der Waals surface area contributed by atoms with E-state index in [1.165, 1.54) is 17.0 Å². The number of nitrogens with one attached hydrogen (secondary N) is 1. The van der Waals surface area contributed by atoms with E-state index in [9.17, 15) is 0 Å². The van der Waals surface area contributed by atoms with Gasteiger partial charge in [-0.15, -0.1) is 0 Å². The van der Waals surface area contributed by atoms with Crippen LogP contribution in [-0.4, -0.2) is 16.2 Å². The van der Waals surface area contributed by atoms with Gasteiger partial charge in [0.15, 0.2) is 0 Å². The van der Waals surface area contributed by atoms with Crippen molar-refractivity contribution < 1.29 is 0 Å². The average Bonchev–Trinajstić information content (AvgIpc) is 2.33. The molecule has 1 aliphatic carbocycles. The summed E-state index contributed by atoms with van der Waals surface area (Å²) in [5.74, 6) is 0. The van der Waals surface area contributed by atoms with Gasteiger partial charge >= 0.3 is 0 Å². The van der Waals surface area contributed by atoms with Crippen LogP contribution in [0.3, 0.4) is 0 Å². The Hall–Kier alpha value is -0.830. The van der Waals surface area contributed by atoms with Crippen molar-refractivity contribution in [2.24, 2.45) is 5.73 Å². The topological polar surface area (TPSA) is 54.7 Å². The number of aryl methyl sites for hydroxylation is 2. The van der Waals surface area contributed by atoms with E-state index in [0.717, 1.165) is 19.3 Å². The summed E-state index contributed by atoms with van der Waals surface area (Å²) in [5.41, 5.74) is 9.60. The monoisotopic (exact) mass is 151 g/mol. The minimum Gasteiger partial charge on any atom is -0.327 e. The van der Waals surface area contributed by atoms with Crippen LogP contribution in [0.25, 0.3) is 0 Å². The third-order valence-electron chi connectivity index (χ3n) is 2.38. The van der Waals surface area contributed by atoms with E-state index < -0.39 is 0 Å². The SMILES string of the molecule is Cc1[nH]nc2c1CC(N)CC2. The molecule has 1 aliphatic rings. The van der Waals surface area contributed by atoms with Gasteiger partial charge in [0, 0.05) is 11.7 Å². The zero-order valence-corrected chi connectivity index (χ0v) is 6.72. The predicted molar refractivity (Wildman–Crippen MR) is 43.3 cm³/mol. The lowest BCUT2D eigenvalue weighted by molar-refractivity contribution is 0.570. The molecule has 3 N–H and O–H groups in total. The molecule has 0 saturated carbocycles. The first-order valence-electron chi connectivity index (χ1n) is 4.05. The second-order valence-electron chi connectivity index (χ2n) is 3.28. The van der Waals surface area contributed by atoms with Gasteiger partial charge in [0.05, 0.1) is 5.69 Å². The molecule has 0 spiro atoms. The summed E-state index contributed by atoms with van der Waals surface area (Å²) < 4.78 is 0. The predicted octanol–water partition coefficient (Wildman–Crippen LogP) is 0.534. The van der Waals surface area contributed by atoms with Crippen LogP contribution < -0.4 is 5.73 Å². The van der Waals surface area contributed by atoms with Crippen LogP contribution in [0.5, 0.6) is 0 Å². The zero-order chi connectivity index (χ0) is 7.84. The third-order valence-corrected chi connectivity index (χ3v) is 2.38. The molecular weight excluding hydrogens is 138 g/mol. The molecule has 0 bridgehead atoms. The maximum absolute atomic E-state index is 5.84. The van der Waals surface area contributed by atoms with Gasteiger partial charge in [-0.2, -0.15) is 5.10 Å². The lowest BCUT2D eigenvalue weighted by Crippen LogP contribution is -2.27. The Morgan fingerprint density at radius 1 is 1.64 bits per heavy atom. The van der Waals surface area contributed by atoms with Gasteiger partial charge in [0.25, 0.3) is 0 Å². The van der Waals surface area contributed by atoms with E-state index in [2.05, 4.69) is 17.1 Å². The molecule has 1 atom stereocenters. The fourth-order valence-corrected chi connectivity index (χ4v) is 1.67. The highest BCUT2D eigenvalue weighted by atomic mass is 15.1. The van der Waals surface area contributed by atoms with Crippen molar-refractivity contribution in [3.8, 4) is 0 Å². The average molecular weight is 151 g/mol. The molecule has 1 aromatic rings. The summed E-state index contributed by atoms with van der Waals surface area (Å²) in [4.78, 5) is 0. The van der Waals surface area contributed by atoms with E-state index >= 15 is 0 Å². The number of fused-ring (bicyclic) bond motifs is 1. The standard InChI is InChI=1S/C8H13N3/c1-5-7-4-6(9)2-3-8(7)11-10-5/h6H,2-4,9H2,1H3,(H,10,11). The van der Waals surface area contributed by atoms with Crippen LogP contribution in [0.15, 0.2) is 0 Å². The molecule has 60 valence electrons. The van der Waals surface area contributed by atoms with Crippen molar-refractivity contribution in [3.05, 3.63) is 17.0 Å². The highest BCUT2D eigenvalue weighted by Gasteiger charge is 2.19. The summed E-state index contributed by atoms with van der Waals surface area (Å²) in [5, 5.41) is 7.20. The lowest BCUT2D eigenvalue weighted by atomic mass is 9.93. The Morgan fingerprint density at radius 2 is 2.45 bits per heavy atom. The molecular formula is C8H13N3. The zero-order valence-electron chi connectivity index (χ0n) is 6.72. The minimum atomic E-state index is 0.346. The Labute approximate surface area is 66.0 Å². The summed E-state index contributed by atoms with van der Waals surface area (Å²) >= 11 is 0. The van der Waals surface area contributed by atoms with Crippen LogP contribution in [-0.2, 0) is 12.8 Å². The van der Waals surface area contributed by atoms with E-state index in [-0.39, 0.29) is 0 Å². The molecule has 1 heterocycles. The normalized spacial score (nSPS) is 23.3. The molecule has 3 nitrogen and oxygen atoms in total. The fraction of sp³-hybridized carbons (Fsp3) is 0.625.